The van der Waals surface area contributed by atoms with Gasteiger partial charge in [-0.25, -0.2) is 15.0 Å². The Hall–Kier alpha value is -3.30. The number of fused-ring (bicyclic) bond motifs is 1. The van der Waals surface area contributed by atoms with E-state index in [9.17, 15) is 4.79 Å². The van der Waals surface area contributed by atoms with Crippen molar-refractivity contribution in [2.75, 3.05) is 24.4 Å². The summed E-state index contributed by atoms with van der Waals surface area (Å²) in [4.78, 5) is 28.6. The molecular weight excluding hydrogens is 501 g/mol. The molecule has 9 nitrogen and oxygen atoms in total. The number of anilines is 2. The van der Waals surface area contributed by atoms with Crippen LogP contribution in [0.5, 0.6) is 5.75 Å². The summed E-state index contributed by atoms with van der Waals surface area (Å²) in [6.45, 7) is 2.02. The number of nitrogens with one attached hydrogen (secondary N) is 1. The van der Waals surface area contributed by atoms with Crippen LogP contribution in [0.15, 0.2) is 47.5 Å². The van der Waals surface area contributed by atoms with Crippen molar-refractivity contribution < 1.29 is 9.53 Å². The lowest BCUT2D eigenvalue weighted by Crippen LogP contribution is -2.38. The van der Waals surface area contributed by atoms with E-state index in [1.807, 2.05) is 49.4 Å². The number of aliphatic imine (C=N–C) groups is 1. The molecule has 5 N–H and O–H groups in total. The van der Waals surface area contributed by atoms with Gasteiger partial charge in [0.05, 0.1) is 24.7 Å². The standard InChI is InChI=1S/C25H31N7O2.2ClH/c1-15-8-13-19-18(14-15)22(29-20-6-4-5-7-21(20)30-25(26)27)31-23(28-19)24(33)32(2)16-9-11-17(34-3)12-10-16;;/h8-14,20-21H,4-7H2,1-3H3,(H4,26,27,30)(H,28,29,31);2*1H/t20-,21+;;/m0../s1. The average Bonchev–Trinajstić information content (AvgIpc) is 2.84. The largest absolute Gasteiger partial charge is 0.497 e. The fraction of sp³-hybridized carbons (Fsp3) is 0.360. The van der Waals surface area contributed by atoms with Crippen LogP contribution in [0.4, 0.5) is 11.5 Å². The lowest BCUT2D eigenvalue weighted by Gasteiger charge is -2.30. The number of amides is 1. The molecule has 4 rings (SSSR count). The van der Waals surface area contributed by atoms with Crippen LogP contribution in [0.3, 0.4) is 0 Å². The number of halogens is 2. The molecule has 2 atom stereocenters. The zero-order valence-electron chi connectivity index (χ0n) is 20.6. The van der Waals surface area contributed by atoms with Gasteiger partial charge in [0.15, 0.2) is 5.96 Å². The van der Waals surface area contributed by atoms with E-state index >= 15 is 0 Å². The molecule has 1 aliphatic carbocycles. The summed E-state index contributed by atoms with van der Waals surface area (Å²) < 4.78 is 5.21. The number of aryl methyl sites for hydroxylation is 1. The molecule has 1 amide bonds. The van der Waals surface area contributed by atoms with Crippen molar-refractivity contribution in [3.05, 3.63) is 53.9 Å². The lowest BCUT2D eigenvalue weighted by molar-refractivity contribution is 0.0983. The number of benzene rings is 2. The van der Waals surface area contributed by atoms with Gasteiger partial charge in [0, 0.05) is 18.1 Å². The van der Waals surface area contributed by atoms with Crippen LogP contribution in [-0.4, -0.2) is 48.1 Å². The van der Waals surface area contributed by atoms with Gasteiger partial charge in [-0.3, -0.25) is 4.79 Å². The molecule has 1 saturated carbocycles. The van der Waals surface area contributed by atoms with Crippen LogP contribution in [0.1, 0.15) is 41.9 Å². The maximum atomic E-state index is 13.4. The number of carbonyl (C=O) groups is 1. The topological polar surface area (TPSA) is 132 Å². The molecule has 194 valence electrons. The SMILES string of the molecule is COc1ccc(N(C)C(=O)c2nc(N[C@H]3CCCC[C@H]3N=C(N)N)c3cc(C)ccc3n2)cc1.Cl.Cl. The Balaban J connectivity index is 0.00000228. The number of hydrogen-bond acceptors (Lipinski definition) is 6. The second-order valence-electron chi connectivity index (χ2n) is 8.64. The average molecular weight is 534 g/mol. The number of guanidine groups is 1. The smallest absolute Gasteiger partial charge is 0.295 e. The molecule has 36 heavy (non-hydrogen) atoms. The number of rotatable bonds is 6. The summed E-state index contributed by atoms with van der Waals surface area (Å²) in [6, 6.07) is 13.1. The van der Waals surface area contributed by atoms with Gasteiger partial charge in [-0.15, -0.1) is 24.8 Å². The molecular formula is C25H33Cl2N7O2. The number of methoxy groups -OCH3 is 1. The Kier molecular flexibility index (Phi) is 10.1. The Labute approximate surface area is 223 Å². The van der Waals surface area contributed by atoms with Crippen molar-refractivity contribution in [1.82, 2.24) is 9.97 Å². The normalized spacial score (nSPS) is 16.8. The van der Waals surface area contributed by atoms with Crippen molar-refractivity contribution in [1.29, 1.82) is 0 Å². The van der Waals surface area contributed by atoms with Crippen molar-refractivity contribution in [3.8, 4) is 5.75 Å². The van der Waals surface area contributed by atoms with Gasteiger partial charge >= 0.3 is 0 Å². The molecule has 11 heteroatoms. The van der Waals surface area contributed by atoms with Crippen molar-refractivity contribution >= 4 is 59.1 Å². The zero-order chi connectivity index (χ0) is 24.2. The number of hydrogen-bond donors (Lipinski definition) is 3. The molecule has 1 aromatic heterocycles. The highest BCUT2D eigenvalue weighted by atomic mass is 35.5. The van der Waals surface area contributed by atoms with Crippen LogP contribution in [0.2, 0.25) is 0 Å². The Morgan fingerprint density at radius 1 is 1.08 bits per heavy atom. The van der Waals surface area contributed by atoms with E-state index in [2.05, 4.69) is 20.3 Å². The highest BCUT2D eigenvalue weighted by Gasteiger charge is 2.27. The van der Waals surface area contributed by atoms with Gasteiger partial charge in [0.1, 0.15) is 11.6 Å². The monoisotopic (exact) mass is 533 g/mol. The molecule has 2 aromatic carbocycles. The summed E-state index contributed by atoms with van der Waals surface area (Å²) in [5.74, 6) is 1.23. The number of nitrogens with two attached hydrogens (primary N) is 2. The zero-order valence-corrected chi connectivity index (χ0v) is 22.2. The molecule has 1 aliphatic rings. The van der Waals surface area contributed by atoms with Gasteiger partial charge in [0.2, 0.25) is 5.82 Å². The highest BCUT2D eigenvalue weighted by molar-refractivity contribution is 6.05. The third-order valence-electron chi connectivity index (χ3n) is 6.17. The molecule has 0 unspecified atom stereocenters. The Morgan fingerprint density at radius 2 is 1.78 bits per heavy atom. The lowest BCUT2D eigenvalue weighted by atomic mass is 9.90. The van der Waals surface area contributed by atoms with E-state index in [0.29, 0.717) is 17.0 Å². The van der Waals surface area contributed by atoms with Gasteiger partial charge in [0.25, 0.3) is 5.91 Å². The van der Waals surface area contributed by atoms with E-state index in [1.165, 1.54) is 4.90 Å². The summed E-state index contributed by atoms with van der Waals surface area (Å²) >= 11 is 0. The molecule has 1 fully saturated rings. The first-order valence-electron chi connectivity index (χ1n) is 11.4. The van der Waals surface area contributed by atoms with Crippen LogP contribution in [0.25, 0.3) is 10.9 Å². The first-order chi connectivity index (χ1) is 16.4. The third kappa shape index (κ3) is 6.47. The maximum absolute atomic E-state index is 13.4. The van der Waals surface area contributed by atoms with Crippen LogP contribution < -0.4 is 26.4 Å². The Morgan fingerprint density at radius 3 is 2.44 bits per heavy atom. The molecule has 0 spiro atoms. The molecule has 3 aromatic rings. The van der Waals surface area contributed by atoms with Crippen molar-refractivity contribution in [2.24, 2.45) is 16.5 Å². The molecule has 0 saturated heterocycles. The highest BCUT2D eigenvalue weighted by Crippen LogP contribution is 2.29. The van der Waals surface area contributed by atoms with Gasteiger partial charge in [-0.05, 0) is 56.2 Å². The quantitative estimate of drug-likeness (QED) is 0.321. The minimum atomic E-state index is -0.305. The van der Waals surface area contributed by atoms with Crippen molar-refractivity contribution in [3.63, 3.8) is 0 Å². The summed E-state index contributed by atoms with van der Waals surface area (Å²) in [7, 11) is 3.31. The number of carbonyl (C=O) groups excluding carboxylic acids is 1. The molecule has 0 radical (unpaired) electrons. The van der Waals surface area contributed by atoms with Gasteiger partial charge < -0.3 is 26.4 Å². The first kappa shape index (κ1) is 28.9. The fourth-order valence-corrected chi connectivity index (χ4v) is 4.32. The van der Waals surface area contributed by atoms with E-state index in [1.54, 1.807) is 14.2 Å². The fourth-order valence-electron chi connectivity index (χ4n) is 4.32. The van der Waals surface area contributed by atoms with Crippen LogP contribution in [-0.2, 0) is 0 Å². The summed E-state index contributed by atoms with van der Waals surface area (Å²) in [5, 5.41) is 4.40. The first-order valence-corrected chi connectivity index (χ1v) is 11.4. The predicted octanol–water partition coefficient (Wildman–Crippen LogP) is 4.06. The summed E-state index contributed by atoms with van der Waals surface area (Å²) in [6.07, 6.45) is 3.94. The second-order valence-corrected chi connectivity index (χ2v) is 8.64. The van der Waals surface area contributed by atoms with Gasteiger partial charge in [-0.1, -0.05) is 24.5 Å². The number of nitrogens with zero attached hydrogens (tertiary/aromatic N) is 4. The van der Waals surface area contributed by atoms with E-state index in [4.69, 9.17) is 16.2 Å². The Bertz CT molecular complexity index is 1220. The van der Waals surface area contributed by atoms with Gasteiger partial charge in [-0.2, -0.15) is 0 Å². The minimum absolute atomic E-state index is 0. The van der Waals surface area contributed by atoms with Crippen LogP contribution in [0, 0.1) is 6.92 Å². The second kappa shape index (κ2) is 12.6. The number of ether oxygens (including phenoxy) is 1. The minimum Gasteiger partial charge on any atom is -0.497 e. The molecule has 0 aliphatic heterocycles. The van der Waals surface area contributed by atoms with E-state index in [0.717, 1.165) is 42.4 Å². The van der Waals surface area contributed by atoms with E-state index in [-0.39, 0.29) is 54.6 Å². The third-order valence-corrected chi connectivity index (χ3v) is 6.17. The van der Waals surface area contributed by atoms with Crippen molar-refractivity contribution in [2.45, 2.75) is 44.7 Å². The summed E-state index contributed by atoms with van der Waals surface area (Å²) in [5.41, 5.74) is 13.8. The maximum Gasteiger partial charge on any atom is 0.295 e. The molecule has 0 bridgehead atoms. The predicted molar refractivity (Wildman–Crippen MR) is 150 cm³/mol. The number of aromatic nitrogens is 2. The van der Waals surface area contributed by atoms with E-state index < -0.39 is 0 Å². The molecule has 1 heterocycles. The van der Waals surface area contributed by atoms with Crippen LogP contribution >= 0.6 is 24.8 Å².